The molecule has 0 radical (unpaired) electrons. The van der Waals surface area contributed by atoms with E-state index in [-0.39, 0.29) is 23.4 Å². The van der Waals surface area contributed by atoms with E-state index >= 15 is 0 Å². The summed E-state index contributed by atoms with van der Waals surface area (Å²) in [6, 6.07) is 16.4. The van der Waals surface area contributed by atoms with Gasteiger partial charge in [-0.25, -0.2) is 16.3 Å². The number of aromatic hydroxyl groups is 1. The van der Waals surface area contributed by atoms with E-state index in [2.05, 4.69) is 21.4 Å². The number of carbonyl (C=O) groups excluding carboxylic acids is 1. The lowest BCUT2D eigenvalue weighted by Crippen LogP contribution is -2.41. The molecule has 0 aliphatic carbocycles. The van der Waals surface area contributed by atoms with Crippen molar-refractivity contribution in [3.05, 3.63) is 81.9 Å². The van der Waals surface area contributed by atoms with Gasteiger partial charge in [0.1, 0.15) is 11.8 Å². The van der Waals surface area contributed by atoms with Gasteiger partial charge in [0.15, 0.2) is 0 Å². The molecule has 4 rings (SSSR count). The number of fused-ring (bicyclic) bond motifs is 1. The number of phenols is 1. The fourth-order valence-electron chi connectivity index (χ4n) is 3.46. The molecule has 1 amide bonds. The molecule has 2 atom stereocenters. The molecule has 3 aromatic rings. The second-order valence-electron chi connectivity index (χ2n) is 6.94. The SMILES string of the molecule is O=C(N/N=C/c1c(O)ccc2ccccc12)C1CC(c2cccc([N+](=O)[O-])c2)NN1. The zero-order valence-corrected chi connectivity index (χ0v) is 15.8. The number of nitrogens with zero attached hydrogens (tertiary/aromatic N) is 2. The molecule has 152 valence electrons. The number of rotatable bonds is 5. The molecule has 30 heavy (non-hydrogen) atoms. The number of hydrogen-bond donors (Lipinski definition) is 4. The van der Waals surface area contributed by atoms with Crippen LogP contribution in [0.15, 0.2) is 65.8 Å². The molecule has 1 heterocycles. The van der Waals surface area contributed by atoms with Gasteiger partial charge in [0.2, 0.25) is 0 Å². The van der Waals surface area contributed by atoms with Crippen LogP contribution in [0.5, 0.6) is 5.75 Å². The molecular weight excluding hydrogens is 386 g/mol. The molecule has 0 spiro atoms. The van der Waals surface area contributed by atoms with Gasteiger partial charge in [0, 0.05) is 23.7 Å². The van der Waals surface area contributed by atoms with Gasteiger partial charge >= 0.3 is 0 Å². The van der Waals surface area contributed by atoms with E-state index in [9.17, 15) is 20.0 Å². The summed E-state index contributed by atoms with van der Waals surface area (Å²) in [4.78, 5) is 22.9. The molecule has 9 nitrogen and oxygen atoms in total. The van der Waals surface area contributed by atoms with Gasteiger partial charge in [-0.15, -0.1) is 0 Å². The standard InChI is InChI=1S/C21H19N5O4/c27-20-9-8-13-4-1-2-7-16(13)17(20)12-22-25-21(28)19-11-18(23-24-19)14-5-3-6-15(10-14)26(29)30/h1-10,12,18-19,23-24,27H,11H2,(H,25,28)/b22-12+. The monoisotopic (exact) mass is 405 g/mol. The Kier molecular flexibility index (Phi) is 5.38. The van der Waals surface area contributed by atoms with Gasteiger partial charge in [-0.2, -0.15) is 5.10 Å². The Morgan fingerprint density at radius 2 is 2.00 bits per heavy atom. The summed E-state index contributed by atoms with van der Waals surface area (Å²) in [5.74, 6) is -0.287. The van der Waals surface area contributed by atoms with Crippen LogP contribution in [-0.4, -0.2) is 28.2 Å². The molecule has 0 saturated carbocycles. The average Bonchev–Trinajstić information content (AvgIpc) is 3.26. The van der Waals surface area contributed by atoms with Crippen molar-refractivity contribution in [2.45, 2.75) is 18.5 Å². The number of benzene rings is 3. The number of nitrogens with one attached hydrogen (secondary N) is 3. The number of hydrazone groups is 1. The molecule has 2 unspecified atom stereocenters. The van der Waals surface area contributed by atoms with Gasteiger partial charge in [-0.05, 0) is 28.8 Å². The van der Waals surface area contributed by atoms with Crippen molar-refractivity contribution >= 4 is 28.6 Å². The maximum absolute atomic E-state index is 12.4. The van der Waals surface area contributed by atoms with Crippen LogP contribution in [0.4, 0.5) is 5.69 Å². The van der Waals surface area contributed by atoms with Crippen molar-refractivity contribution in [2.24, 2.45) is 5.10 Å². The minimum atomic E-state index is -0.562. The first-order valence-electron chi connectivity index (χ1n) is 9.32. The highest BCUT2D eigenvalue weighted by Gasteiger charge is 2.30. The van der Waals surface area contributed by atoms with Crippen molar-refractivity contribution in [2.75, 3.05) is 0 Å². The van der Waals surface area contributed by atoms with E-state index < -0.39 is 11.0 Å². The summed E-state index contributed by atoms with van der Waals surface area (Å²) in [5.41, 5.74) is 9.58. The predicted molar refractivity (Wildman–Crippen MR) is 112 cm³/mol. The normalized spacial score (nSPS) is 18.7. The molecule has 1 aliphatic rings. The van der Waals surface area contributed by atoms with Crippen LogP contribution in [0.25, 0.3) is 10.8 Å². The lowest BCUT2D eigenvalue weighted by atomic mass is 10.0. The Labute approximate surface area is 171 Å². The van der Waals surface area contributed by atoms with Crippen molar-refractivity contribution in [1.82, 2.24) is 16.3 Å². The number of amides is 1. The molecule has 0 aromatic heterocycles. The number of hydrazine groups is 1. The minimum absolute atomic E-state index is 0.00157. The first-order valence-corrected chi connectivity index (χ1v) is 9.32. The number of nitro benzene ring substituents is 1. The fourth-order valence-corrected chi connectivity index (χ4v) is 3.46. The highest BCUT2D eigenvalue weighted by atomic mass is 16.6. The smallest absolute Gasteiger partial charge is 0.269 e. The molecular formula is C21H19N5O4. The first-order chi connectivity index (χ1) is 14.5. The van der Waals surface area contributed by atoms with E-state index in [1.54, 1.807) is 18.2 Å². The Morgan fingerprint density at radius 3 is 2.83 bits per heavy atom. The van der Waals surface area contributed by atoms with Crippen molar-refractivity contribution in [1.29, 1.82) is 0 Å². The van der Waals surface area contributed by atoms with Crippen molar-refractivity contribution in [3.8, 4) is 5.75 Å². The lowest BCUT2D eigenvalue weighted by Gasteiger charge is -2.09. The summed E-state index contributed by atoms with van der Waals surface area (Å²) < 4.78 is 0. The van der Waals surface area contributed by atoms with Crippen molar-refractivity contribution < 1.29 is 14.8 Å². The van der Waals surface area contributed by atoms with Crippen LogP contribution in [-0.2, 0) is 4.79 Å². The summed E-state index contributed by atoms with van der Waals surface area (Å²) in [7, 11) is 0. The fraction of sp³-hybridized carbons (Fsp3) is 0.143. The summed E-state index contributed by atoms with van der Waals surface area (Å²) in [5, 5.41) is 26.8. The quantitative estimate of drug-likeness (QED) is 0.293. The van der Waals surface area contributed by atoms with Crippen LogP contribution in [0.1, 0.15) is 23.6 Å². The molecule has 9 heteroatoms. The highest BCUT2D eigenvalue weighted by Crippen LogP contribution is 2.26. The molecule has 1 saturated heterocycles. The molecule has 3 aromatic carbocycles. The van der Waals surface area contributed by atoms with Gasteiger partial charge in [-0.1, -0.05) is 42.5 Å². The lowest BCUT2D eigenvalue weighted by molar-refractivity contribution is -0.384. The summed E-state index contributed by atoms with van der Waals surface area (Å²) in [6.07, 6.45) is 1.82. The van der Waals surface area contributed by atoms with Crippen LogP contribution < -0.4 is 16.3 Å². The summed E-state index contributed by atoms with van der Waals surface area (Å²) >= 11 is 0. The van der Waals surface area contributed by atoms with Crippen LogP contribution in [0.2, 0.25) is 0 Å². The highest BCUT2D eigenvalue weighted by molar-refractivity contribution is 6.02. The van der Waals surface area contributed by atoms with E-state index in [0.29, 0.717) is 12.0 Å². The average molecular weight is 405 g/mol. The number of hydrogen-bond acceptors (Lipinski definition) is 7. The largest absolute Gasteiger partial charge is 0.507 e. The number of carbonyl (C=O) groups is 1. The van der Waals surface area contributed by atoms with E-state index in [0.717, 1.165) is 16.3 Å². The Balaban J connectivity index is 1.42. The third-order valence-electron chi connectivity index (χ3n) is 5.02. The third-order valence-corrected chi connectivity index (χ3v) is 5.02. The van der Waals surface area contributed by atoms with Gasteiger partial charge in [-0.3, -0.25) is 14.9 Å². The maximum Gasteiger partial charge on any atom is 0.269 e. The second kappa shape index (κ2) is 8.27. The summed E-state index contributed by atoms with van der Waals surface area (Å²) in [6.45, 7) is 0. The Hall–Kier alpha value is -3.82. The first kappa shape index (κ1) is 19.5. The van der Waals surface area contributed by atoms with Crippen LogP contribution >= 0.6 is 0 Å². The molecule has 1 fully saturated rings. The van der Waals surface area contributed by atoms with Crippen LogP contribution in [0.3, 0.4) is 0 Å². The number of non-ortho nitro benzene ring substituents is 1. The maximum atomic E-state index is 12.4. The molecule has 1 aliphatic heterocycles. The predicted octanol–water partition coefficient (Wildman–Crippen LogP) is 2.51. The zero-order chi connectivity index (χ0) is 21.1. The number of nitro groups is 1. The Bertz CT molecular complexity index is 1150. The second-order valence-corrected chi connectivity index (χ2v) is 6.94. The van der Waals surface area contributed by atoms with Crippen molar-refractivity contribution in [3.63, 3.8) is 0 Å². The molecule has 0 bridgehead atoms. The molecule has 4 N–H and O–H groups in total. The minimum Gasteiger partial charge on any atom is -0.507 e. The van der Waals surface area contributed by atoms with Gasteiger partial charge < -0.3 is 5.11 Å². The zero-order valence-electron chi connectivity index (χ0n) is 15.8. The Morgan fingerprint density at radius 1 is 1.17 bits per heavy atom. The van der Waals surface area contributed by atoms with E-state index in [1.807, 2.05) is 30.3 Å². The van der Waals surface area contributed by atoms with E-state index in [4.69, 9.17) is 0 Å². The van der Waals surface area contributed by atoms with Gasteiger partial charge in [0.25, 0.3) is 11.6 Å². The van der Waals surface area contributed by atoms with E-state index in [1.165, 1.54) is 18.3 Å². The topological polar surface area (TPSA) is 129 Å². The van der Waals surface area contributed by atoms with Crippen LogP contribution in [0, 0.1) is 10.1 Å². The third kappa shape index (κ3) is 3.97. The van der Waals surface area contributed by atoms with Gasteiger partial charge in [0.05, 0.1) is 11.1 Å². The number of phenolic OH excluding ortho intramolecular Hbond substituents is 1.